The average molecular weight is 696 g/mol. The predicted molar refractivity (Wildman–Crippen MR) is 175 cm³/mol. The van der Waals surface area contributed by atoms with Gasteiger partial charge in [-0.15, -0.1) is 0 Å². The minimum Gasteiger partial charge on any atom is -0.550 e. The van der Waals surface area contributed by atoms with Gasteiger partial charge >= 0.3 is 19.5 Å². The third-order valence-corrected chi connectivity index (χ3v) is 8.36. The van der Waals surface area contributed by atoms with Gasteiger partial charge in [-0.3, -0.25) is 0 Å². The van der Waals surface area contributed by atoms with Crippen molar-refractivity contribution in [2.45, 2.75) is 218 Å². The molecule has 0 saturated carbocycles. The van der Waals surface area contributed by atoms with E-state index >= 15 is 0 Å². The standard InChI is InChI=1S/2C18H36O4.Zn/c2*1-2-3-4-5-7-10-13-16(19)17(20)14-11-8-6-9-12-15-18(21)22;/h2*16-17,19-20H,2-15H2,1H3,(H,21,22);/q;;+2/p-2. The fourth-order valence-corrected chi connectivity index (χ4v) is 5.34. The van der Waals surface area contributed by atoms with Crippen LogP contribution in [0.4, 0.5) is 0 Å². The minimum atomic E-state index is -0.978. The number of carbonyl (C=O) groups excluding carboxylic acids is 2. The fraction of sp³-hybridized carbons (Fsp3) is 0.944. The number of aliphatic hydroxyl groups is 4. The first kappa shape index (κ1) is 48.8. The molecule has 0 saturated heterocycles. The molecule has 0 aliphatic rings. The Morgan fingerprint density at radius 2 is 0.600 bits per heavy atom. The molecule has 0 rings (SSSR count). The summed E-state index contributed by atoms with van der Waals surface area (Å²) in [6.07, 6.45) is 23.7. The molecule has 0 spiro atoms. The van der Waals surface area contributed by atoms with Gasteiger partial charge in [0.25, 0.3) is 0 Å². The summed E-state index contributed by atoms with van der Waals surface area (Å²) in [4.78, 5) is 20.5. The van der Waals surface area contributed by atoms with E-state index in [0.717, 1.165) is 77.0 Å². The van der Waals surface area contributed by atoms with E-state index in [1.54, 1.807) is 0 Å². The molecule has 0 aromatic rings. The normalized spacial score (nSPS) is 13.6. The fourth-order valence-electron chi connectivity index (χ4n) is 5.34. The molecule has 0 aromatic carbocycles. The first-order chi connectivity index (χ1) is 21.1. The van der Waals surface area contributed by atoms with E-state index in [1.807, 2.05) is 0 Å². The maximum Gasteiger partial charge on any atom is 2.00 e. The van der Waals surface area contributed by atoms with Crippen molar-refractivity contribution in [2.75, 3.05) is 0 Å². The number of aliphatic carboxylic acids is 2. The predicted octanol–water partition coefficient (Wildman–Crippen LogP) is 5.88. The van der Waals surface area contributed by atoms with Gasteiger partial charge < -0.3 is 40.2 Å². The van der Waals surface area contributed by atoms with Crippen molar-refractivity contribution in [3.8, 4) is 0 Å². The Labute approximate surface area is 288 Å². The van der Waals surface area contributed by atoms with E-state index in [4.69, 9.17) is 0 Å². The van der Waals surface area contributed by atoms with Crippen LogP contribution in [-0.4, -0.2) is 56.8 Å². The van der Waals surface area contributed by atoms with Gasteiger partial charge in [-0.2, -0.15) is 0 Å². The van der Waals surface area contributed by atoms with Gasteiger partial charge in [-0.25, -0.2) is 0 Å². The number of carbonyl (C=O) groups is 2. The van der Waals surface area contributed by atoms with Crippen LogP contribution in [0.25, 0.3) is 0 Å². The SMILES string of the molecule is CCCCCCCCC(O)C(O)CCCCCCCC(=O)[O-].CCCCCCCCC(O)C(O)CCCCCCCC(=O)[O-].[Zn+2]. The Bertz CT molecular complexity index is 570. The summed E-state index contributed by atoms with van der Waals surface area (Å²) >= 11 is 0. The molecule has 0 fully saturated rings. The second-order valence-electron chi connectivity index (χ2n) is 12.7. The van der Waals surface area contributed by atoms with Gasteiger partial charge in [0.05, 0.1) is 24.4 Å². The molecule has 45 heavy (non-hydrogen) atoms. The van der Waals surface area contributed by atoms with Gasteiger partial charge in [0, 0.05) is 11.9 Å². The molecule has 0 radical (unpaired) electrons. The molecule has 0 aliphatic heterocycles. The van der Waals surface area contributed by atoms with Crippen molar-refractivity contribution in [1.29, 1.82) is 0 Å². The molecule has 8 nitrogen and oxygen atoms in total. The zero-order valence-electron chi connectivity index (χ0n) is 29.2. The van der Waals surface area contributed by atoms with Gasteiger partial charge in [0.1, 0.15) is 0 Å². The number of rotatable bonds is 32. The molecule has 9 heteroatoms. The quantitative estimate of drug-likeness (QED) is 0.0502. The van der Waals surface area contributed by atoms with E-state index in [9.17, 15) is 40.2 Å². The van der Waals surface area contributed by atoms with Crippen molar-refractivity contribution in [3.05, 3.63) is 0 Å². The third kappa shape index (κ3) is 39.5. The van der Waals surface area contributed by atoms with Gasteiger partial charge in [-0.1, -0.05) is 142 Å². The van der Waals surface area contributed by atoms with E-state index in [1.165, 1.54) is 51.4 Å². The van der Waals surface area contributed by atoms with Crippen LogP contribution in [0.5, 0.6) is 0 Å². The molecule has 0 aromatic heterocycles. The molecular formula is C36H70O8Zn. The number of hydrogen-bond donors (Lipinski definition) is 4. The second kappa shape index (κ2) is 37.9. The van der Waals surface area contributed by atoms with Gasteiger partial charge in [0.2, 0.25) is 0 Å². The average Bonchev–Trinajstić information content (AvgIpc) is 2.99. The minimum absolute atomic E-state index is 0. The summed E-state index contributed by atoms with van der Waals surface area (Å²) in [5.41, 5.74) is 0. The topological polar surface area (TPSA) is 161 Å². The van der Waals surface area contributed by atoms with Crippen LogP contribution in [0.1, 0.15) is 194 Å². The van der Waals surface area contributed by atoms with Gasteiger partial charge in [0.15, 0.2) is 0 Å². The molecule has 0 bridgehead atoms. The molecular weight excluding hydrogens is 626 g/mol. The largest absolute Gasteiger partial charge is 2.00 e. The summed E-state index contributed by atoms with van der Waals surface area (Å²) in [5, 5.41) is 60.1. The number of carboxylic acid groups (broad SMARTS) is 2. The number of carboxylic acids is 2. The van der Waals surface area contributed by atoms with Crippen molar-refractivity contribution < 1.29 is 59.7 Å². The Morgan fingerprint density at radius 1 is 0.400 bits per heavy atom. The summed E-state index contributed by atoms with van der Waals surface area (Å²) in [6.45, 7) is 4.40. The van der Waals surface area contributed by atoms with Crippen LogP contribution in [0.15, 0.2) is 0 Å². The molecule has 0 aliphatic carbocycles. The molecule has 4 atom stereocenters. The number of hydrogen-bond acceptors (Lipinski definition) is 8. The van der Waals surface area contributed by atoms with E-state index in [0.29, 0.717) is 38.5 Å². The number of unbranched alkanes of at least 4 members (excludes halogenated alkanes) is 18. The summed E-state index contributed by atoms with van der Waals surface area (Å²) in [6, 6.07) is 0. The zero-order valence-corrected chi connectivity index (χ0v) is 32.2. The molecule has 0 heterocycles. The first-order valence-corrected chi connectivity index (χ1v) is 18.3. The summed E-state index contributed by atoms with van der Waals surface area (Å²) in [7, 11) is 0. The van der Waals surface area contributed by atoms with Crippen LogP contribution in [0, 0.1) is 0 Å². The monoisotopic (exact) mass is 694 g/mol. The van der Waals surface area contributed by atoms with E-state index in [2.05, 4.69) is 13.8 Å². The van der Waals surface area contributed by atoms with Crippen LogP contribution in [-0.2, 0) is 29.1 Å². The van der Waals surface area contributed by atoms with Crippen molar-refractivity contribution >= 4 is 11.9 Å². The Balaban J connectivity index is -0.000000767. The molecule has 264 valence electrons. The maximum absolute atomic E-state index is 10.2. The first-order valence-electron chi connectivity index (χ1n) is 18.3. The summed E-state index contributed by atoms with van der Waals surface area (Å²) < 4.78 is 0. The van der Waals surface area contributed by atoms with E-state index < -0.39 is 36.4 Å². The van der Waals surface area contributed by atoms with Crippen LogP contribution in [0.3, 0.4) is 0 Å². The van der Waals surface area contributed by atoms with Crippen LogP contribution in [0.2, 0.25) is 0 Å². The van der Waals surface area contributed by atoms with Crippen molar-refractivity contribution in [2.24, 2.45) is 0 Å². The molecule has 0 amide bonds. The number of aliphatic hydroxyl groups excluding tert-OH is 4. The van der Waals surface area contributed by atoms with Crippen LogP contribution >= 0.6 is 0 Å². The zero-order chi connectivity index (χ0) is 33.3. The Hall–Kier alpha value is -0.597. The van der Waals surface area contributed by atoms with Crippen molar-refractivity contribution in [3.63, 3.8) is 0 Å². The molecule has 4 unspecified atom stereocenters. The van der Waals surface area contributed by atoms with Crippen LogP contribution < -0.4 is 10.2 Å². The smallest absolute Gasteiger partial charge is 0.550 e. The summed E-state index contributed by atoms with van der Waals surface area (Å²) in [5.74, 6) is -1.96. The van der Waals surface area contributed by atoms with Gasteiger partial charge in [-0.05, 0) is 51.4 Å². The molecule has 4 N–H and O–H groups in total. The maximum atomic E-state index is 10.2. The second-order valence-corrected chi connectivity index (χ2v) is 12.7. The Kier molecular flexibility index (Phi) is 41.1. The van der Waals surface area contributed by atoms with E-state index in [-0.39, 0.29) is 32.3 Å². The Morgan fingerprint density at radius 3 is 0.822 bits per heavy atom. The van der Waals surface area contributed by atoms with Crippen molar-refractivity contribution in [1.82, 2.24) is 0 Å². The third-order valence-electron chi connectivity index (χ3n) is 8.36.